The Bertz CT molecular complexity index is 1510. The zero-order valence-electron chi connectivity index (χ0n) is 22.4. The minimum absolute atomic E-state index is 0.00399. The standard InChI is InChI=1S/C32H31NO7S/c34-26(19-25(32(37)38)15-21-5-2-1-3-6-21)7-4-14-40-28-11-8-22(9-12-28)17-27(35)18-23-10-13-29-24(16-23)20-30(41-29)31(36)33-39/h1-3,5-6,8-13,16,20,25,39H,4,7,14-15,17-19H2,(H,33,36)(H,37,38)/t25-/m1/s1. The molecule has 0 aliphatic rings. The van der Waals surface area contributed by atoms with Crippen molar-refractivity contribution in [1.82, 2.24) is 5.48 Å². The van der Waals surface area contributed by atoms with Crippen LogP contribution in [0.1, 0.15) is 45.6 Å². The van der Waals surface area contributed by atoms with Gasteiger partial charge in [-0.05, 0) is 65.3 Å². The third-order valence-corrected chi connectivity index (χ3v) is 7.76. The molecule has 0 fully saturated rings. The Morgan fingerprint density at radius 2 is 1.54 bits per heavy atom. The van der Waals surface area contributed by atoms with Crippen molar-refractivity contribution in [3.63, 3.8) is 0 Å². The van der Waals surface area contributed by atoms with Gasteiger partial charge in [-0.1, -0.05) is 48.5 Å². The lowest BCUT2D eigenvalue weighted by Gasteiger charge is -2.12. The highest BCUT2D eigenvalue weighted by Gasteiger charge is 2.21. The molecule has 1 heterocycles. The lowest BCUT2D eigenvalue weighted by molar-refractivity contribution is -0.143. The Labute approximate surface area is 241 Å². The lowest BCUT2D eigenvalue weighted by Crippen LogP contribution is -2.20. The molecule has 1 aromatic heterocycles. The van der Waals surface area contributed by atoms with Gasteiger partial charge in [-0.2, -0.15) is 0 Å². The number of carboxylic acids is 1. The third kappa shape index (κ3) is 8.83. The number of amides is 1. The molecular weight excluding hydrogens is 542 g/mol. The molecule has 0 unspecified atom stereocenters. The first-order chi connectivity index (χ1) is 19.8. The summed E-state index contributed by atoms with van der Waals surface area (Å²) in [7, 11) is 0. The van der Waals surface area contributed by atoms with Crippen molar-refractivity contribution in [2.75, 3.05) is 6.61 Å². The van der Waals surface area contributed by atoms with E-state index >= 15 is 0 Å². The molecule has 3 N–H and O–H groups in total. The highest BCUT2D eigenvalue weighted by molar-refractivity contribution is 7.20. The summed E-state index contributed by atoms with van der Waals surface area (Å²) < 4.78 is 6.63. The number of carbonyl (C=O) groups excluding carboxylic acids is 3. The quantitative estimate of drug-likeness (QED) is 0.0981. The molecule has 0 aliphatic carbocycles. The molecule has 212 valence electrons. The Kier molecular flexibility index (Phi) is 10.4. The molecule has 3 aromatic carbocycles. The molecule has 0 saturated carbocycles. The number of benzene rings is 3. The number of thiophene rings is 1. The van der Waals surface area contributed by atoms with E-state index in [4.69, 9.17) is 9.94 Å². The maximum Gasteiger partial charge on any atom is 0.307 e. The van der Waals surface area contributed by atoms with Gasteiger partial charge in [0, 0.05) is 30.4 Å². The predicted molar refractivity (Wildman–Crippen MR) is 156 cm³/mol. The van der Waals surface area contributed by atoms with E-state index < -0.39 is 17.8 Å². The van der Waals surface area contributed by atoms with E-state index in [0.29, 0.717) is 30.1 Å². The van der Waals surface area contributed by atoms with Crippen molar-refractivity contribution in [1.29, 1.82) is 0 Å². The van der Waals surface area contributed by atoms with Crippen LogP contribution in [0.4, 0.5) is 0 Å². The first-order valence-corrected chi connectivity index (χ1v) is 14.1. The predicted octanol–water partition coefficient (Wildman–Crippen LogP) is 5.44. The minimum atomic E-state index is -0.969. The molecule has 9 heteroatoms. The van der Waals surface area contributed by atoms with Gasteiger partial charge in [0.05, 0.1) is 17.4 Å². The molecule has 1 atom stereocenters. The third-order valence-electron chi connectivity index (χ3n) is 6.65. The molecule has 0 bridgehead atoms. The number of hydrogen-bond donors (Lipinski definition) is 3. The van der Waals surface area contributed by atoms with Gasteiger partial charge in [-0.25, -0.2) is 5.48 Å². The van der Waals surface area contributed by atoms with Gasteiger partial charge in [0.2, 0.25) is 0 Å². The van der Waals surface area contributed by atoms with E-state index in [9.17, 15) is 24.3 Å². The van der Waals surface area contributed by atoms with E-state index in [-0.39, 0.29) is 37.2 Å². The lowest BCUT2D eigenvalue weighted by atomic mass is 9.93. The molecule has 1 amide bonds. The first-order valence-electron chi connectivity index (χ1n) is 13.3. The average Bonchev–Trinajstić information content (AvgIpc) is 3.39. The minimum Gasteiger partial charge on any atom is -0.494 e. The van der Waals surface area contributed by atoms with Crippen LogP contribution in [0, 0.1) is 5.92 Å². The van der Waals surface area contributed by atoms with Crippen LogP contribution >= 0.6 is 11.3 Å². The fourth-order valence-corrected chi connectivity index (χ4v) is 5.51. The SMILES string of the molecule is O=C(Cc1ccc(OCCCC(=O)C[C@@H](Cc2ccccc2)C(=O)O)cc1)Cc1ccc2sc(C(=O)NO)cc2c1. The van der Waals surface area contributed by atoms with Crippen LogP contribution in [-0.2, 0) is 33.6 Å². The van der Waals surface area contributed by atoms with Crippen molar-refractivity contribution in [3.05, 3.63) is 100 Å². The average molecular weight is 574 g/mol. The topological polar surface area (TPSA) is 130 Å². The van der Waals surface area contributed by atoms with Crippen LogP contribution in [-0.4, -0.2) is 40.4 Å². The van der Waals surface area contributed by atoms with E-state index in [1.165, 1.54) is 11.3 Å². The van der Waals surface area contributed by atoms with Crippen molar-refractivity contribution >= 4 is 44.9 Å². The van der Waals surface area contributed by atoms with Crippen LogP contribution in [0.3, 0.4) is 0 Å². The monoisotopic (exact) mass is 573 g/mol. The molecule has 8 nitrogen and oxygen atoms in total. The molecule has 0 spiro atoms. The van der Waals surface area contributed by atoms with Crippen LogP contribution in [0.5, 0.6) is 5.75 Å². The van der Waals surface area contributed by atoms with Gasteiger partial charge in [-0.15, -0.1) is 11.3 Å². The number of nitrogens with one attached hydrogen (secondary N) is 1. The van der Waals surface area contributed by atoms with E-state index in [2.05, 4.69) is 0 Å². The van der Waals surface area contributed by atoms with Gasteiger partial charge in [0.15, 0.2) is 0 Å². The largest absolute Gasteiger partial charge is 0.494 e. The molecule has 0 aliphatic heterocycles. The number of ether oxygens (including phenoxy) is 1. The van der Waals surface area contributed by atoms with Gasteiger partial charge in [-0.3, -0.25) is 24.4 Å². The summed E-state index contributed by atoms with van der Waals surface area (Å²) in [6.45, 7) is 0.327. The Morgan fingerprint density at radius 1 is 0.829 bits per heavy atom. The summed E-state index contributed by atoms with van der Waals surface area (Å²) in [6.07, 6.45) is 1.57. The zero-order valence-corrected chi connectivity index (χ0v) is 23.2. The Balaban J connectivity index is 1.19. The fraction of sp³-hybridized carbons (Fsp3) is 0.250. The van der Waals surface area contributed by atoms with Crippen LogP contribution in [0.2, 0.25) is 0 Å². The number of ketones is 2. The van der Waals surface area contributed by atoms with Crippen molar-refractivity contribution in [2.24, 2.45) is 5.92 Å². The second-order valence-corrected chi connectivity index (χ2v) is 11.0. The second-order valence-electron chi connectivity index (χ2n) is 9.88. The zero-order chi connectivity index (χ0) is 29.2. The van der Waals surface area contributed by atoms with Gasteiger partial charge >= 0.3 is 5.97 Å². The maximum absolute atomic E-state index is 12.7. The molecule has 0 radical (unpaired) electrons. The van der Waals surface area contributed by atoms with E-state index in [1.54, 1.807) is 23.7 Å². The maximum atomic E-state index is 12.7. The van der Waals surface area contributed by atoms with Crippen LogP contribution in [0.25, 0.3) is 10.1 Å². The normalized spacial score (nSPS) is 11.6. The molecular formula is C32H31NO7S. The molecule has 41 heavy (non-hydrogen) atoms. The van der Waals surface area contributed by atoms with Gasteiger partial charge in [0.25, 0.3) is 5.91 Å². The smallest absolute Gasteiger partial charge is 0.307 e. The van der Waals surface area contributed by atoms with Crippen molar-refractivity contribution in [2.45, 2.75) is 38.5 Å². The number of carboxylic acid groups (broad SMARTS) is 1. The number of rotatable bonds is 15. The number of hydrogen-bond acceptors (Lipinski definition) is 7. The van der Waals surface area contributed by atoms with Crippen LogP contribution in [0.15, 0.2) is 78.9 Å². The Hall–Kier alpha value is -4.34. The highest BCUT2D eigenvalue weighted by Crippen LogP contribution is 2.27. The summed E-state index contributed by atoms with van der Waals surface area (Å²) in [5, 5.41) is 19.2. The fourth-order valence-electron chi connectivity index (χ4n) is 4.57. The number of hydroxylamine groups is 1. The second kappa shape index (κ2) is 14.3. The summed E-state index contributed by atoms with van der Waals surface area (Å²) in [5.41, 5.74) is 4.23. The number of fused-ring (bicyclic) bond motifs is 1. The van der Waals surface area contributed by atoms with Crippen molar-refractivity contribution in [3.8, 4) is 5.75 Å². The van der Waals surface area contributed by atoms with E-state index in [1.807, 2.05) is 60.7 Å². The summed E-state index contributed by atoms with van der Waals surface area (Å²) in [4.78, 5) is 48.7. The summed E-state index contributed by atoms with van der Waals surface area (Å²) in [5.74, 6) is -1.69. The first kappa shape index (κ1) is 29.6. The van der Waals surface area contributed by atoms with Gasteiger partial charge in [0.1, 0.15) is 17.3 Å². The summed E-state index contributed by atoms with van der Waals surface area (Å²) >= 11 is 1.27. The molecule has 4 aromatic rings. The molecule has 0 saturated heterocycles. The number of aliphatic carboxylic acids is 1. The number of carbonyl (C=O) groups is 4. The van der Waals surface area contributed by atoms with Crippen molar-refractivity contribution < 1.29 is 34.2 Å². The highest BCUT2D eigenvalue weighted by atomic mass is 32.1. The number of Topliss-reactive ketones (excluding diaryl/α,β-unsaturated/α-hetero) is 2. The van der Waals surface area contributed by atoms with Crippen LogP contribution < -0.4 is 10.2 Å². The molecule has 4 rings (SSSR count). The summed E-state index contributed by atoms with van der Waals surface area (Å²) in [6, 6.07) is 23.8. The Morgan fingerprint density at radius 3 is 2.24 bits per heavy atom. The van der Waals surface area contributed by atoms with Gasteiger partial charge < -0.3 is 9.84 Å². The van der Waals surface area contributed by atoms with E-state index in [0.717, 1.165) is 26.8 Å².